The third-order valence-electron chi connectivity index (χ3n) is 3.35. The van der Waals surface area contributed by atoms with Crippen molar-refractivity contribution in [2.24, 2.45) is 0 Å². The number of hydrogen-bond donors (Lipinski definition) is 0. The highest BCUT2D eigenvalue weighted by molar-refractivity contribution is 9.10. The first-order valence-electron chi connectivity index (χ1n) is 6.82. The van der Waals surface area contributed by atoms with Crippen LogP contribution >= 0.6 is 27.7 Å². The third kappa shape index (κ3) is 3.40. The predicted molar refractivity (Wildman–Crippen MR) is 88.6 cm³/mol. The van der Waals surface area contributed by atoms with Gasteiger partial charge < -0.3 is 4.40 Å². The van der Waals surface area contributed by atoms with E-state index in [4.69, 9.17) is 0 Å². The fraction of sp³-hybridized carbons (Fsp3) is 0.188. The molecule has 7 heteroatoms. The molecule has 1 unspecified atom stereocenters. The van der Waals surface area contributed by atoms with E-state index >= 15 is 0 Å². The third-order valence-corrected chi connectivity index (χ3v) is 5.00. The van der Waals surface area contributed by atoms with Crippen LogP contribution in [-0.2, 0) is 6.18 Å². The number of thioether (sulfide) groups is 1. The number of fused-ring (bicyclic) bond motifs is 1. The number of alkyl halides is 3. The Labute approximate surface area is 143 Å². The maximum absolute atomic E-state index is 13.3. The minimum absolute atomic E-state index is 0.168. The van der Waals surface area contributed by atoms with Gasteiger partial charge in [-0.05, 0) is 43.3 Å². The molecule has 23 heavy (non-hydrogen) atoms. The molecule has 0 saturated carbocycles. The van der Waals surface area contributed by atoms with Gasteiger partial charge in [0, 0.05) is 20.8 Å². The normalized spacial score (nSPS) is 13.4. The summed E-state index contributed by atoms with van der Waals surface area (Å²) in [6, 6.07) is 12.5. The standard InChI is InChI=1S/C16H12BrF3N2S/c1-10(23-12-7-5-11(17)6-8-12)14-15(16(18,19)20)21-13-4-2-3-9-22(13)14/h2-10H,1H3. The number of benzene rings is 1. The van der Waals surface area contributed by atoms with E-state index in [1.54, 1.807) is 31.3 Å². The Balaban J connectivity index is 2.04. The molecule has 2 aromatic heterocycles. The maximum Gasteiger partial charge on any atom is 0.435 e. The Morgan fingerprint density at radius 1 is 1.13 bits per heavy atom. The van der Waals surface area contributed by atoms with Crippen LogP contribution in [0, 0.1) is 0 Å². The topological polar surface area (TPSA) is 17.3 Å². The molecule has 0 N–H and O–H groups in total. The van der Waals surface area contributed by atoms with Gasteiger partial charge in [-0.2, -0.15) is 13.2 Å². The second-order valence-corrected chi connectivity index (χ2v) is 7.32. The van der Waals surface area contributed by atoms with Gasteiger partial charge in [0.1, 0.15) is 5.65 Å². The molecule has 0 bridgehead atoms. The van der Waals surface area contributed by atoms with E-state index in [1.165, 1.54) is 16.2 Å². The number of halogens is 4. The first kappa shape index (κ1) is 16.4. The van der Waals surface area contributed by atoms with Crippen molar-refractivity contribution in [1.29, 1.82) is 0 Å². The molecule has 2 heterocycles. The summed E-state index contributed by atoms with van der Waals surface area (Å²) in [7, 11) is 0. The molecular weight excluding hydrogens is 389 g/mol. The van der Waals surface area contributed by atoms with Crippen LogP contribution in [0.4, 0.5) is 13.2 Å². The molecule has 0 amide bonds. The van der Waals surface area contributed by atoms with Crippen molar-refractivity contribution in [3.05, 3.63) is 64.5 Å². The first-order valence-corrected chi connectivity index (χ1v) is 8.50. The van der Waals surface area contributed by atoms with Gasteiger partial charge in [0.15, 0.2) is 5.69 Å². The minimum atomic E-state index is -4.48. The molecule has 0 radical (unpaired) electrons. The van der Waals surface area contributed by atoms with Crippen LogP contribution in [0.25, 0.3) is 5.65 Å². The van der Waals surface area contributed by atoms with Gasteiger partial charge in [0.25, 0.3) is 0 Å². The van der Waals surface area contributed by atoms with Crippen molar-refractivity contribution in [2.45, 2.75) is 23.2 Å². The van der Waals surface area contributed by atoms with E-state index in [2.05, 4.69) is 20.9 Å². The molecule has 0 aliphatic heterocycles. The molecule has 0 aliphatic carbocycles. The molecule has 3 rings (SSSR count). The quantitative estimate of drug-likeness (QED) is 0.503. The molecule has 120 valence electrons. The van der Waals surface area contributed by atoms with Gasteiger partial charge in [0.05, 0.1) is 5.69 Å². The van der Waals surface area contributed by atoms with E-state index in [1.807, 2.05) is 24.3 Å². The van der Waals surface area contributed by atoms with Gasteiger partial charge in [0.2, 0.25) is 0 Å². The summed E-state index contributed by atoms with van der Waals surface area (Å²) in [5, 5.41) is -0.398. The second kappa shape index (κ2) is 6.20. The first-order chi connectivity index (χ1) is 10.9. The average molecular weight is 401 g/mol. The molecular formula is C16H12BrF3N2S. The summed E-state index contributed by atoms with van der Waals surface area (Å²) in [4.78, 5) is 4.68. The molecule has 3 aromatic rings. The summed E-state index contributed by atoms with van der Waals surface area (Å²) in [5.41, 5.74) is -0.347. The molecule has 0 saturated heterocycles. The lowest BCUT2D eigenvalue weighted by atomic mass is 10.2. The molecule has 0 spiro atoms. The lowest BCUT2D eigenvalue weighted by Crippen LogP contribution is -2.11. The van der Waals surface area contributed by atoms with Crippen LogP contribution in [0.3, 0.4) is 0 Å². The Bertz CT molecular complexity index is 827. The number of aromatic nitrogens is 2. The van der Waals surface area contributed by atoms with Crippen LogP contribution in [0.2, 0.25) is 0 Å². The van der Waals surface area contributed by atoms with Crippen molar-refractivity contribution >= 4 is 33.3 Å². The number of imidazole rings is 1. The van der Waals surface area contributed by atoms with Crippen LogP contribution in [0.1, 0.15) is 23.6 Å². The van der Waals surface area contributed by atoms with E-state index in [9.17, 15) is 13.2 Å². The van der Waals surface area contributed by atoms with Crippen LogP contribution in [0.15, 0.2) is 58.0 Å². The highest BCUT2D eigenvalue weighted by Gasteiger charge is 2.39. The fourth-order valence-corrected chi connectivity index (χ4v) is 3.69. The summed E-state index contributed by atoms with van der Waals surface area (Å²) in [5.74, 6) is 0. The second-order valence-electron chi connectivity index (χ2n) is 4.99. The Morgan fingerprint density at radius 3 is 2.48 bits per heavy atom. The largest absolute Gasteiger partial charge is 0.435 e. The SMILES string of the molecule is CC(Sc1ccc(Br)cc1)c1c(C(F)(F)F)nc2ccccn12. The fourth-order valence-electron chi connectivity index (χ4n) is 2.38. The number of rotatable bonds is 3. The molecule has 0 fully saturated rings. The predicted octanol–water partition coefficient (Wildman–Crippen LogP) is 5.97. The van der Waals surface area contributed by atoms with E-state index < -0.39 is 17.1 Å². The average Bonchev–Trinajstić information content (AvgIpc) is 2.89. The zero-order valence-corrected chi connectivity index (χ0v) is 14.4. The summed E-state index contributed by atoms with van der Waals surface area (Å²) < 4.78 is 42.5. The maximum atomic E-state index is 13.3. The van der Waals surface area contributed by atoms with Crippen LogP contribution in [-0.4, -0.2) is 9.38 Å². The van der Waals surface area contributed by atoms with Crippen LogP contribution < -0.4 is 0 Å². The molecule has 1 atom stereocenters. The molecule has 1 aromatic carbocycles. The zero-order chi connectivity index (χ0) is 16.6. The lowest BCUT2D eigenvalue weighted by Gasteiger charge is -2.15. The van der Waals surface area contributed by atoms with Gasteiger partial charge in [-0.3, -0.25) is 0 Å². The Morgan fingerprint density at radius 2 is 1.83 bits per heavy atom. The lowest BCUT2D eigenvalue weighted by molar-refractivity contribution is -0.141. The van der Waals surface area contributed by atoms with E-state index in [-0.39, 0.29) is 5.69 Å². The van der Waals surface area contributed by atoms with E-state index in [0.717, 1.165) is 9.37 Å². The zero-order valence-electron chi connectivity index (χ0n) is 12.0. The summed E-state index contributed by atoms with van der Waals surface area (Å²) in [6.45, 7) is 1.76. The van der Waals surface area contributed by atoms with Crippen molar-refractivity contribution in [1.82, 2.24) is 9.38 Å². The van der Waals surface area contributed by atoms with Gasteiger partial charge in [-0.1, -0.05) is 22.0 Å². The highest BCUT2D eigenvalue weighted by Crippen LogP contribution is 2.41. The van der Waals surface area contributed by atoms with Gasteiger partial charge in [-0.25, -0.2) is 4.98 Å². The van der Waals surface area contributed by atoms with Gasteiger partial charge in [-0.15, -0.1) is 11.8 Å². The van der Waals surface area contributed by atoms with E-state index in [0.29, 0.717) is 5.65 Å². The van der Waals surface area contributed by atoms with Crippen molar-refractivity contribution in [3.63, 3.8) is 0 Å². The Kier molecular flexibility index (Phi) is 4.42. The summed E-state index contributed by atoms with van der Waals surface area (Å²) in [6.07, 6.45) is -2.86. The van der Waals surface area contributed by atoms with Crippen LogP contribution in [0.5, 0.6) is 0 Å². The van der Waals surface area contributed by atoms with Crippen molar-refractivity contribution in [2.75, 3.05) is 0 Å². The monoisotopic (exact) mass is 400 g/mol. The Hall–Kier alpha value is -1.47. The highest BCUT2D eigenvalue weighted by atomic mass is 79.9. The number of hydrogen-bond acceptors (Lipinski definition) is 2. The van der Waals surface area contributed by atoms with Gasteiger partial charge >= 0.3 is 6.18 Å². The molecule has 0 aliphatic rings. The summed E-state index contributed by atoms with van der Waals surface area (Å²) >= 11 is 4.72. The van der Waals surface area contributed by atoms with Crippen molar-refractivity contribution in [3.8, 4) is 0 Å². The van der Waals surface area contributed by atoms with Crippen molar-refractivity contribution < 1.29 is 13.2 Å². The number of nitrogens with zero attached hydrogens (tertiary/aromatic N) is 2. The minimum Gasteiger partial charge on any atom is -0.302 e. The smallest absolute Gasteiger partial charge is 0.302 e. The molecule has 2 nitrogen and oxygen atoms in total. The number of pyridine rings is 1.